The van der Waals surface area contributed by atoms with Gasteiger partial charge in [-0.05, 0) is 61.9 Å². The molecule has 0 saturated carbocycles. The van der Waals surface area contributed by atoms with Gasteiger partial charge in [-0.25, -0.2) is 0 Å². The van der Waals surface area contributed by atoms with E-state index in [0.717, 1.165) is 36.6 Å². The highest BCUT2D eigenvalue weighted by molar-refractivity contribution is 6.31. The van der Waals surface area contributed by atoms with Crippen molar-refractivity contribution in [1.82, 2.24) is 5.32 Å². The van der Waals surface area contributed by atoms with Crippen molar-refractivity contribution in [3.05, 3.63) is 33.8 Å². The van der Waals surface area contributed by atoms with Crippen LogP contribution in [0.3, 0.4) is 0 Å². The highest BCUT2D eigenvalue weighted by Gasteiger charge is 2.33. The molecule has 1 aromatic carbocycles. The number of hydrogen-bond donors (Lipinski definition) is 1. The molecule has 1 aliphatic heterocycles. The summed E-state index contributed by atoms with van der Waals surface area (Å²) in [6, 6.07) is 4.56. The Hall–Kier alpha value is -0.570. The number of halogens is 1. The summed E-state index contributed by atoms with van der Waals surface area (Å²) in [6.07, 6.45) is 2.55. The van der Waals surface area contributed by atoms with Crippen LogP contribution in [0.4, 0.5) is 0 Å². The summed E-state index contributed by atoms with van der Waals surface area (Å²) in [5.41, 5.74) is 3.72. The first kappa shape index (κ1) is 15.8. The van der Waals surface area contributed by atoms with E-state index in [2.05, 4.69) is 45.1 Å². The summed E-state index contributed by atoms with van der Waals surface area (Å²) in [5.74, 6) is 0.597. The molecule has 2 nitrogen and oxygen atoms in total. The predicted octanol–water partition coefficient (Wildman–Crippen LogP) is 4.42. The van der Waals surface area contributed by atoms with E-state index in [0.29, 0.717) is 5.92 Å². The van der Waals surface area contributed by atoms with E-state index in [9.17, 15) is 0 Å². The third-order valence-electron chi connectivity index (χ3n) is 4.27. The van der Waals surface area contributed by atoms with Gasteiger partial charge in [-0.1, -0.05) is 31.5 Å². The van der Waals surface area contributed by atoms with Crippen molar-refractivity contribution in [1.29, 1.82) is 0 Å². The van der Waals surface area contributed by atoms with Gasteiger partial charge in [0.15, 0.2) is 0 Å². The maximum absolute atomic E-state index is 6.23. The lowest BCUT2D eigenvalue weighted by Crippen LogP contribution is -2.35. The van der Waals surface area contributed by atoms with Gasteiger partial charge < -0.3 is 10.1 Å². The molecule has 1 fully saturated rings. The second-order valence-electron chi connectivity index (χ2n) is 5.99. The molecular formula is C17H26ClNO. The fraction of sp³-hybridized carbons (Fsp3) is 0.647. The zero-order valence-corrected chi connectivity index (χ0v) is 13.8. The van der Waals surface area contributed by atoms with Crippen LogP contribution in [-0.4, -0.2) is 19.3 Å². The summed E-state index contributed by atoms with van der Waals surface area (Å²) in [6.45, 7) is 10.6. The Morgan fingerprint density at radius 1 is 1.35 bits per heavy atom. The molecule has 1 aromatic rings. The SMILES string of the molecule is CCCNC(c1cc(C)c(Cl)cc1C)C1OCCC1C. The van der Waals surface area contributed by atoms with Crippen molar-refractivity contribution in [2.24, 2.45) is 5.92 Å². The molecule has 0 aromatic heterocycles. The quantitative estimate of drug-likeness (QED) is 0.868. The first-order valence-electron chi connectivity index (χ1n) is 7.66. The summed E-state index contributed by atoms with van der Waals surface area (Å²) in [5, 5.41) is 4.53. The molecule has 1 aliphatic rings. The van der Waals surface area contributed by atoms with Gasteiger partial charge in [0.05, 0.1) is 12.1 Å². The maximum atomic E-state index is 6.23. The Bertz CT molecular complexity index is 461. The lowest BCUT2D eigenvalue weighted by molar-refractivity contribution is 0.0605. The Morgan fingerprint density at radius 2 is 2.10 bits per heavy atom. The number of hydrogen-bond acceptors (Lipinski definition) is 2. The van der Waals surface area contributed by atoms with Crippen LogP contribution in [0.1, 0.15) is 49.4 Å². The van der Waals surface area contributed by atoms with E-state index in [-0.39, 0.29) is 12.1 Å². The monoisotopic (exact) mass is 295 g/mol. The largest absolute Gasteiger partial charge is 0.376 e. The van der Waals surface area contributed by atoms with Crippen molar-refractivity contribution in [2.75, 3.05) is 13.2 Å². The number of aryl methyl sites for hydroxylation is 2. The van der Waals surface area contributed by atoms with Crippen molar-refractivity contribution >= 4 is 11.6 Å². The lowest BCUT2D eigenvalue weighted by atomic mass is 9.89. The maximum Gasteiger partial charge on any atom is 0.0796 e. The van der Waals surface area contributed by atoms with Gasteiger partial charge in [-0.3, -0.25) is 0 Å². The third-order valence-corrected chi connectivity index (χ3v) is 4.68. The van der Waals surface area contributed by atoms with Crippen LogP contribution in [0.2, 0.25) is 5.02 Å². The molecule has 1 saturated heterocycles. The Morgan fingerprint density at radius 3 is 2.70 bits per heavy atom. The van der Waals surface area contributed by atoms with Gasteiger partial charge >= 0.3 is 0 Å². The Balaban J connectivity index is 2.32. The van der Waals surface area contributed by atoms with E-state index in [1.54, 1.807) is 0 Å². The molecule has 112 valence electrons. The van der Waals surface area contributed by atoms with Gasteiger partial charge in [0.25, 0.3) is 0 Å². The van der Waals surface area contributed by atoms with Crippen molar-refractivity contribution in [3.63, 3.8) is 0 Å². The molecule has 2 rings (SSSR count). The first-order chi connectivity index (χ1) is 9.54. The van der Waals surface area contributed by atoms with E-state index in [1.807, 2.05) is 0 Å². The molecule has 3 atom stereocenters. The van der Waals surface area contributed by atoms with E-state index in [4.69, 9.17) is 16.3 Å². The average molecular weight is 296 g/mol. The van der Waals surface area contributed by atoms with E-state index in [1.165, 1.54) is 11.1 Å². The number of ether oxygens (including phenoxy) is 1. The fourth-order valence-electron chi connectivity index (χ4n) is 2.98. The van der Waals surface area contributed by atoms with Crippen LogP contribution in [0, 0.1) is 19.8 Å². The number of benzene rings is 1. The topological polar surface area (TPSA) is 21.3 Å². The molecule has 20 heavy (non-hydrogen) atoms. The molecule has 0 radical (unpaired) electrons. The molecule has 3 unspecified atom stereocenters. The van der Waals surface area contributed by atoms with Gasteiger partial charge in [0.1, 0.15) is 0 Å². The molecular weight excluding hydrogens is 270 g/mol. The van der Waals surface area contributed by atoms with Gasteiger partial charge in [-0.15, -0.1) is 0 Å². The van der Waals surface area contributed by atoms with Crippen LogP contribution < -0.4 is 5.32 Å². The fourth-order valence-corrected chi connectivity index (χ4v) is 3.20. The second kappa shape index (κ2) is 6.93. The molecule has 3 heteroatoms. The summed E-state index contributed by atoms with van der Waals surface area (Å²) >= 11 is 6.23. The normalized spacial score (nSPS) is 24.1. The highest BCUT2D eigenvalue weighted by atomic mass is 35.5. The zero-order valence-electron chi connectivity index (χ0n) is 13.0. The number of nitrogens with one attached hydrogen (secondary N) is 1. The van der Waals surface area contributed by atoms with Gasteiger partial charge in [0.2, 0.25) is 0 Å². The summed E-state index contributed by atoms with van der Waals surface area (Å²) in [7, 11) is 0. The van der Waals surface area contributed by atoms with Crippen LogP contribution in [-0.2, 0) is 4.74 Å². The molecule has 0 bridgehead atoms. The molecule has 0 aliphatic carbocycles. The van der Waals surface area contributed by atoms with Crippen molar-refractivity contribution in [2.45, 2.75) is 52.7 Å². The van der Waals surface area contributed by atoms with Crippen LogP contribution in [0.5, 0.6) is 0 Å². The Kier molecular flexibility index (Phi) is 5.48. The van der Waals surface area contributed by atoms with Gasteiger partial charge in [-0.2, -0.15) is 0 Å². The highest BCUT2D eigenvalue weighted by Crippen LogP contribution is 2.34. The average Bonchev–Trinajstić information content (AvgIpc) is 2.82. The first-order valence-corrected chi connectivity index (χ1v) is 8.04. The molecule has 0 amide bonds. The lowest BCUT2D eigenvalue weighted by Gasteiger charge is -2.29. The van der Waals surface area contributed by atoms with Crippen LogP contribution >= 0.6 is 11.6 Å². The van der Waals surface area contributed by atoms with Crippen molar-refractivity contribution < 1.29 is 4.74 Å². The zero-order chi connectivity index (χ0) is 14.7. The Labute approximate surface area is 127 Å². The summed E-state index contributed by atoms with van der Waals surface area (Å²) < 4.78 is 6.01. The summed E-state index contributed by atoms with van der Waals surface area (Å²) in [4.78, 5) is 0. The minimum Gasteiger partial charge on any atom is -0.376 e. The van der Waals surface area contributed by atoms with Crippen LogP contribution in [0.25, 0.3) is 0 Å². The van der Waals surface area contributed by atoms with E-state index < -0.39 is 0 Å². The van der Waals surface area contributed by atoms with Crippen LogP contribution in [0.15, 0.2) is 12.1 Å². The smallest absolute Gasteiger partial charge is 0.0796 e. The standard InChI is InChI=1S/C17H26ClNO/c1-5-7-19-16(17-11(2)6-8-20-17)14-9-13(4)15(18)10-12(14)3/h9-11,16-17,19H,5-8H2,1-4H3. The molecule has 1 N–H and O–H groups in total. The minimum absolute atomic E-state index is 0.265. The predicted molar refractivity (Wildman–Crippen MR) is 85.5 cm³/mol. The van der Waals surface area contributed by atoms with E-state index >= 15 is 0 Å². The third kappa shape index (κ3) is 3.36. The number of rotatable bonds is 5. The second-order valence-corrected chi connectivity index (χ2v) is 6.40. The molecule has 1 heterocycles. The minimum atomic E-state index is 0.265. The molecule has 0 spiro atoms. The van der Waals surface area contributed by atoms with Gasteiger partial charge in [0, 0.05) is 11.6 Å². The van der Waals surface area contributed by atoms with Crippen molar-refractivity contribution in [3.8, 4) is 0 Å².